The number of nitrogens with zero attached hydrogens (tertiary/aromatic N) is 2. The number of benzene rings is 2. The first-order chi connectivity index (χ1) is 12.2. The van der Waals surface area contributed by atoms with Crippen molar-refractivity contribution in [3.8, 4) is 22.8 Å². The minimum atomic E-state index is -0.704. The molecule has 0 spiro atoms. The van der Waals surface area contributed by atoms with Gasteiger partial charge in [-0.1, -0.05) is 42.5 Å². The number of amides is 1. The van der Waals surface area contributed by atoms with Crippen molar-refractivity contribution in [2.24, 2.45) is 7.05 Å². The molecule has 1 aromatic heterocycles. The summed E-state index contributed by atoms with van der Waals surface area (Å²) in [5.41, 5.74) is 1.79. The summed E-state index contributed by atoms with van der Waals surface area (Å²) < 4.78 is 13.0. The van der Waals surface area contributed by atoms with Crippen LogP contribution in [0.2, 0.25) is 0 Å². The quantitative estimate of drug-likeness (QED) is 0.799. The van der Waals surface area contributed by atoms with Crippen molar-refractivity contribution >= 4 is 11.7 Å². The second-order valence-electron chi connectivity index (χ2n) is 5.76. The Morgan fingerprint density at radius 3 is 2.64 bits per heavy atom. The molecule has 1 N–H and O–H groups in total. The van der Waals surface area contributed by atoms with Gasteiger partial charge in [0.25, 0.3) is 5.91 Å². The van der Waals surface area contributed by atoms with E-state index in [4.69, 9.17) is 9.47 Å². The third kappa shape index (κ3) is 3.06. The molecule has 0 radical (unpaired) electrons. The predicted octanol–water partition coefficient (Wildman–Crippen LogP) is 2.87. The number of para-hydroxylation sites is 2. The third-order valence-electron chi connectivity index (χ3n) is 4.00. The minimum Gasteiger partial charge on any atom is -0.485 e. The number of hydrogen-bond donors (Lipinski definition) is 1. The number of carbonyl (C=O) groups excluding carboxylic acids is 1. The van der Waals surface area contributed by atoms with Crippen LogP contribution >= 0.6 is 0 Å². The molecule has 6 nitrogen and oxygen atoms in total. The number of fused-ring (bicyclic) bond motifs is 1. The molecule has 6 heteroatoms. The molecule has 1 aliphatic rings. The molecule has 0 saturated heterocycles. The van der Waals surface area contributed by atoms with E-state index >= 15 is 0 Å². The van der Waals surface area contributed by atoms with Crippen LogP contribution in [0.15, 0.2) is 60.7 Å². The Hall–Kier alpha value is -3.28. The van der Waals surface area contributed by atoms with E-state index in [2.05, 4.69) is 10.4 Å². The zero-order chi connectivity index (χ0) is 17.2. The molecule has 0 unspecified atom stereocenters. The smallest absolute Gasteiger partial charge is 0.270 e. The second kappa shape index (κ2) is 6.32. The molecule has 1 amide bonds. The first-order valence-corrected chi connectivity index (χ1v) is 7.99. The molecule has 0 fully saturated rings. The summed E-state index contributed by atoms with van der Waals surface area (Å²) in [5.74, 6) is 1.56. The lowest BCUT2D eigenvalue weighted by Gasteiger charge is -2.25. The van der Waals surface area contributed by atoms with Crippen LogP contribution < -0.4 is 14.8 Å². The SMILES string of the molecule is Cn1nc(-c2ccccc2)cc1NC(=O)[C@@H]1COc2ccccc2O1. The summed E-state index contributed by atoms with van der Waals surface area (Å²) in [4.78, 5) is 12.5. The van der Waals surface area contributed by atoms with Gasteiger partial charge in [-0.25, -0.2) is 0 Å². The Bertz CT molecular complexity index is 905. The van der Waals surface area contributed by atoms with Gasteiger partial charge in [-0.05, 0) is 12.1 Å². The van der Waals surface area contributed by atoms with E-state index in [9.17, 15) is 4.79 Å². The van der Waals surface area contributed by atoms with Crippen LogP contribution in [0.25, 0.3) is 11.3 Å². The highest BCUT2D eigenvalue weighted by atomic mass is 16.6. The predicted molar refractivity (Wildman–Crippen MR) is 93.6 cm³/mol. The molecule has 0 saturated carbocycles. The number of hydrogen-bond acceptors (Lipinski definition) is 4. The van der Waals surface area contributed by atoms with Gasteiger partial charge in [0, 0.05) is 18.7 Å². The lowest BCUT2D eigenvalue weighted by molar-refractivity contribution is -0.125. The number of aryl methyl sites for hydroxylation is 1. The standard InChI is InChI=1S/C19H17N3O3/c1-22-18(11-14(21-22)13-7-3-2-4-8-13)20-19(23)17-12-24-15-9-5-6-10-16(15)25-17/h2-11,17H,12H2,1H3,(H,20,23)/t17-/m0/s1. The fraction of sp³-hybridized carbons (Fsp3) is 0.158. The molecule has 0 aliphatic carbocycles. The monoisotopic (exact) mass is 335 g/mol. The molecule has 3 aromatic rings. The summed E-state index contributed by atoms with van der Waals surface area (Å²) in [6, 6.07) is 19.0. The number of carbonyl (C=O) groups is 1. The topological polar surface area (TPSA) is 65.4 Å². The number of ether oxygens (including phenoxy) is 2. The van der Waals surface area contributed by atoms with Crippen molar-refractivity contribution in [1.82, 2.24) is 9.78 Å². The van der Waals surface area contributed by atoms with E-state index in [0.29, 0.717) is 17.3 Å². The maximum Gasteiger partial charge on any atom is 0.270 e. The van der Waals surface area contributed by atoms with E-state index in [1.807, 2.05) is 54.6 Å². The van der Waals surface area contributed by atoms with Gasteiger partial charge < -0.3 is 14.8 Å². The third-order valence-corrected chi connectivity index (χ3v) is 4.00. The van der Waals surface area contributed by atoms with Crippen LogP contribution in [0.1, 0.15) is 0 Å². The minimum absolute atomic E-state index is 0.173. The maximum absolute atomic E-state index is 12.5. The average molecular weight is 335 g/mol. The van der Waals surface area contributed by atoms with Gasteiger partial charge in [-0.15, -0.1) is 0 Å². The number of aromatic nitrogens is 2. The fourth-order valence-corrected chi connectivity index (χ4v) is 2.69. The molecule has 0 bridgehead atoms. The highest BCUT2D eigenvalue weighted by Gasteiger charge is 2.28. The summed E-state index contributed by atoms with van der Waals surface area (Å²) in [6.45, 7) is 0.173. The van der Waals surface area contributed by atoms with Gasteiger partial charge in [-0.2, -0.15) is 5.10 Å². The van der Waals surface area contributed by atoms with Crippen LogP contribution in [-0.2, 0) is 11.8 Å². The Kier molecular flexibility index (Phi) is 3.85. The largest absolute Gasteiger partial charge is 0.485 e. The first kappa shape index (κ1) is 15.3. The summed E-state index contributed by atoms with van der Waals surface area (Å²) in [6.07, 6.45) is -0.704. The zero-order valence-corrected chi connectivity index (χ0v) is 13.7. The van der Waals surface area contributed by atoms with Crippen molar-refractivity contribution < 1.29 is 14.3 Å². The van der Waals surface area contributed by atoms with Gasteiger partial charge >= 0.3 is 0 Å². The van der Waals surface area contributed by atoms with E-state index in [-0.39, 0.29) is 12.5 Å². The van der Waals surface area contributed by atoms with Crippen molar-refractivity contribution in [2.75, 3.05) is 11.9 Å². The van der Waals surface area contributed by atoms with E-state index in [0.717, 1.165) is 11.3 Å². The zero-order valence-electron chi connectivity index (χ0n) is 13.7. The molecule has 4 rings (SSSR count). The van der Waals surface area contributed by atoms with Crippen LogP contribution in [0.3, 0.4) is 0 Å². The molecule has 1 aliphatic heterocycles. The number of anilines is 1. The summed E-state index contributed by atoms with van der Waals surface area (Å²) in [7, 11) is 1.79. The van der Waals surface area contributed by atoms with Crippen LogP contribution in [0.4, 0.5) is 5.82 Å². The number of rotatable bonds is 3. The second-order valence-corrected chi connectivity index (χ2v) is 5.76. The maximum atomic E-state index is 12.5. The van der Waals surface area contributed by atoms with E-state index in [1.54, 1.807) is 17.8 Å². The molecular formula is C19H17N3O3. The Morgan fingerprint density at radius 1 is 1.12 bits per heavy atom. The lowest BCUT2D eigenvalue weighted by Crippen LogP contribution is -2.40. The van der Waals surface area contributed by atoms with Crippen molar-refractivity contribution in [2.45, 2.75) is 6.10 Å². The van der Waals surface area contributed by atoms with Crippen LogP contribution in [0, 0.1) is 0 Å². The Labute approximate surface area is 145 Å². The van der Waals surface area contributed by atoms with E-state index in [1.165, 1.54) is 0 Å². The highest BCUT2D eigenvalue weighted by Crippen LogP contribution is 2.31. The van der Waals surface area contributed by atoms with Gasteiger partial charge in [-0.3, -0.25) is 9.48 Å². The van der Waals surface area contributed by atoms with Gasteiger partial charge in [0.05, 0.1) is 5.69 Å². The van der Waals surface area contributed by atoms with Gasteiger partial charge in [0.1, 0.15) is 12.4 Å². The average Bonchev–Trinajstić information content (AvgIpc) is 3.02. The first-order valence-electron chi connectivity index (χ1n) is 7.99. The van der Waals surface area contributed by atoms with Crippen molar-refractivity contribution in [3.05, 3.63) is 60.7 Å². The van der Waals surface area contributed by atoms with Crippen LogP contribution in [0.5, 0.6) is 11.5 Å². The molecule has 2 aromatic carbocycles. The molecule has 2 heterocycles. The van der Waals surface area contributed by atoms with Crippen molar-refractivity contribution in [1.29, 1.82) is 0 Å². The van der Waals surface area contributed by atoms with Gasteiger partial charge in [0.2, 0.25) is 6.10 Å². The Morgan fingerprint density at radius 2 is 1.84 bits per heavy atom. The fourth-order valence-electron chi connectivity index (χ4n) is 2.69. The molecular weight excluding hydrogens is 318 g/mol. The Balaban J connectivity index is 1.49. The van der Waals surface area contributed by atoms with Crippen molar-refractivity contribution in [3.63, 3.8) is 0 Å². The lowest BCUT2D eigenvalue weighted by atomic mass is 10.1. The molecule has 25 heavy (non-hydrogen) atoms. The molecule has 1 atom stereocenters. The number of nitrogens with one attached hydrogen (secondary N) is 1. The highest BCUT2D eigenvalue weighted by molar-refractivity contribution is 5.94. The summed E-state index contributed by atoms with van der Waals surface area (Å²) >= 11 is 0. The van der Waals surface area contributed by atoms with Crippen LogP contribution in [-0.4, -0.2) is 28.4 Å². The van der Waals surface area contributed by atoms with E-state index < -0.39 is 6.10 Å². The normalized spacial score (nSPS) is 15.6. The molecule has 126 valence electrons. The summed E-state index contributed by atoms with van der Waals surface area (Å²) in [5, 5.41) is 7.30. The van der Waals surface area contributed by atoms with Gasteiger partial charge in [0.15, 0.2) is 11.5 Å².